The van der Waals surface area contributed by atoms with E-state index in [0.717, 1.165) is 34.9 Å². The summed E-state index contributed by atoms with van der Waals surface area (Å²) in [6.07, 6.45) is 2.73. The van der Waals surface area contributed by atoms with E-state index in [9.17, 15) is 0 Å². The number of fused-ring (bicyclic) bond motifs is 1. The minimum atomic E-state index is 0.698. The van der Waals surface area contributed by atoms with Crippen LogP contribution in [0.4, 0.5) is 11.6 Å². The van der Waals surface area contributed by atoms with Crippen molar-refractivity contribution in [3.63, 3.8) is 0 Å². The van der Waals surface area contributed by atoms with Crippen molar-refractivity contribution in [2.75, 3.05) is 11.4 Å². The van der Waals surface area contributed by atoms with Crippen molar-refractivity contribution in [2.24, 2.45) is 0 Å². The van der Waals surface area contributed by atoms with Gasteiger partial charge in [0.05, 0.1) is 5.69 Å². The molecular formula is C18H13Cl2N3. The van der Waals surface area contributed by atoms with Gasteiger partial charge in [-0.1, -0.05) is 35.3 Å². The highest BCUT2D eigenvalue weighted by Gasteiger charge is 2.22. The maximum Gasteiger partial charge on any atom is 0.230 e. The Kier molecular flexibility index (Phi) is 3.68. The van der Waals surface area contributed by atoms with Gasteiger partial charge >= 0.3 is 0 Å². The van der Waals surface area contributed by atoms with Gasteiger partial charge in [-0.05, 0) is 48.4 Å². The Morgan fingerprint density at radius 1 is 0.957 bits per heavy atom. The number of nitrogens with zero attached hydrogens (tertiary/aromatic N) is 3. The van der Waals surface area contributed by atoms with Gasteiger partial charge in [-0.3, -0.25) is 0 Å². The van der Waals surface area contributed by atoms with E-state index in [1.165, 1.54) is 5.56 Å². The zero-order chi connectivity index (χ0) is 15.8. The van der Waals surface area contributed by atoms with Crippen LogP contribution in [0, 0.1) is 0 Å². The number of hydrogen-bond donors (Lipinski definition) is 0. The van der Waals surface area contributed by atoms with E-state index in [-0.39, 0.29) is 0 Å². The molecule has 114 valence electrons. The Hall–Kier alpha value is -2.10. The standard InChI is InChI=1S/C18H13Cl2N3/c19-14-3-1-2-12(10-14)16-6-8-21-18(22-16)23-9-7-13-11-15(20)4-5-17(13)23/h1-6,8,10-11H,7,9H2. The first kappa shape index (κ1) is 14.5. The summed E-state index contributed by atoms with van der Waals surface area (Å²) in [4.78, 5) is 11.3. The summed E-state index contributed by atoms with van der Waals surface area (Å²) in [5, 5.41) is 1.46. The SMILES string of the molecule is Clc1cccc(-c2ccnc(N3CCc4cc(Cl)ccc43)n2)c1. The summed E-state index contributed by atoms with van der Waals surface area (Å²) in [5.74, 6) is 0.698. The number of hydrogen-bond acceptors (Lipinski definition) is 3. The van der Waals surface area contributed by atoms with Gasteiger partial charge < -0.3 is 4.90 Å². The van der Waals surface area contributed by atoms with Crippen molar-refractivity contribution in [1.29, 1.82) is 0 Å². The molecule has 0 saturated heterocycles. The largest absolute Gasteiger partial charge is 0.310 e. The molecule has 0 spiro atoms. The summed E-state index contributed by atoms with van der Waals surface area (Å²) >= 11 is 12.2. The molecule has 0 bridgehead atoms. The van der Waals surface area contributed by atoms with Crippen molar-refractivity contribution >= 4 is 34.8 Å². The zero-order valence-corrected chi connectivity index (χ0v) is 13.7. The van der Waals surface area contributed by atoms with Crippen LogP contribution in [-0.2, 0) is 6.42 Å². The van der Waals surface area contributed by atoms with E-state index < -0.39 is 0 Å². The van der Waals surface area contributed by atoms with Gasteiger partial charge in [0, 0.05) is 34.0 Å². The molecule has 0 radical (unpaired) electrons. The molecule has 1 aliphatic rings. The molecule has 0 N–H and O–H groups in total. The highest BCUT2D eigenvalue weighted by Crippen LogP contribution is 2.34. The molecule has 3 aromatic rings. The fourth-order valence-corrected chi connectivity index (χ4v) is 3.25. The van der Waals surface area contributed by atoms with Crippen LogP contribution >= 0.6 is 23.2 Å². The normalized spacial score (nSPS) is 13.2. The third-order valence-corrected chi connectivity index (χ3v) is 4.41. The summed E-state index contributed by atoms with van der Waals surface area (Å²) in [5.41, 5.74) is 4.20. The lowest BCUT2D eigenvalue weighted by molar-refractivity contribution is 0.941. The first-order chi connectivity index (χ1) is 11.2. The second-order valence-electron chi connectivity index (χ2n) is 5.43. The second kappa shape index (κ2) is 5.84. The minimum absolute atomic E-state index is 0.698. The van der Waals surface area contributed by atoms with Crippen LogP contribution in [0.15, 0.2) is 54.7 Å². The maximum absolute atomic E-state index is 6.08. The van der Waals surface area contributed by atoms with Crippen molar-refractivity contribution in [1.82, 2.24) is 9.97 Å². The quantitative estimate of drug-likeness (QED) is 0.645. The number of benzene rings is 2. The van der Waals surface area contributed by atoms with Gasteiger partial charge in [0.15, 0.2) is 0 Å². The van der Waals surface area contributed by atoms with Crippen molar-refractivity contribution in [3.8, 4) is 11.3 Å². The van der Waals surface area contributed by atoms with Gasteiger partial charge in [0.25, 0.3) is 0 Å². The number of halogens is 2. The van der Waals surface area contributed by atoms with E-state index in [4.69, 9.17) is 28.2 Å². The zero-order valence-electron chi connectivity index (χ0n) is 12.2. The molecule has 0 aliphatic carbocycles. The fourth-order valence-electron chi connectivity index (χ4n) is 2.87. The Labute approximate surface area is 144 Å². The van der Waals surface area contributed by atoms with Gasteiger partial charge in [-0.2, -0.15) is 0 Å². The monoisotopic (exact) mass is 341 g/mol. The summed E-state index contributed by atoms with van der Waals surface area (Å²) in [6, 6.07) is 15.5. The molecular weight excluding hydrogens is 329 g/mol. The topological polar surface area (TPSA) is 29.0 Å². The lowest BCUT2D eigenvalue weighted by Gasteiger charge is -2.17. The lowest BCUT2D eigenvalue weighted by Crippen LogP contribution is -2.16. The van der Waals surface area contributed by atoms with Gasteiger partial charge in [0.2, 0.25) is 5.95 Å². The molecule has 1 aromatic heterocycles. The highest BCUT2D eigenvalue weighted by atomic mass is 35.5. The number of rotatable bonds is 2. The molecule has 4 rings (SSSR count). The van der Waals surface area contributed by atoms with Crippen LogP contribution < -0.4 is 4.90 Å². The first-order valence-corrected chi connectivity index (χ1v) is 8.11. The predicted octanol–water partition coefficient (Wildman–Crippen LogP) is 5.14. The van der Waals surface area contributed by atoms with Crippen LogP contribution in [0.3, 0.4) is 0 Å². The van der Waals surface area contributed by atoms with Crippen molar-refractivity contribution in [2.45, 2.75) is 6.42 Å². The molecule has 0 saturated carbocycles. The maximum atomic E-state index is 6.08. The van der Waals surface area contributed by atoms with Crippen LogP contribution in [0.1, 0.15) is 5.56 Å². The van der Waals surface area contributed by atoms with Crippen LogP contribution in [0.25, 0.3) is 11.3 Å². The predicted molar refractivity (Wildman–Crippen MR) is 94.6 cm³/mol. The number of anilines is 2. The minimum Gasteiger partial charge on any atom is -0.310 e. The van der Waals surface area contributed by atoms with E-state index in [0.29, 0.717) is 11.0 Å². The van der Waals surface area contributed by atoms with Crippen molar-refractivity contribution < 1.29 is 0 Å². The molecule has 1 aliphatic heterocycles. The second-order valence-corrected chi connectivity index (χ2v) is 6.30. The smallest absolute Gasteiger partial charge is 0.230 e. The highest BCUT2D eigenvalue weighted by molar-refractivity contribution is 6.31. The first-order valence-electron chi connectivity index (χ1n) is 7.36. The van der Waals surface area contributed by atoms with Crippen LogP contribution in [-0.4, -0.2) is 16.5 Å². The average molecular weight is 342 g/mol. The number of aromatic nitrogens is 2. The third-order valence-electron chi connectivity index (χ3n) is 3.94. The molecule has 3 nitrogen and oxygen atoms in total. The summed E-state index contributed by atoms with van der Waals surface area (Å²) in [7, 11) is 0. The molecule has 2 heterocycles. The summed E-state index contributed by atoms with van der Waals surface area (Å²) < 4.78 is 0. The van der Waals surface area contributed by atoms with E-state index in [1.54, 1.807) is 6.20 Å². The molecule has 5 heteroatoms. The van der Waals surface area contributed by atoms with Gasteiger partial charge in [-0.15, -0.1) is 0 Å². The fraction of sp³-hybridized carbons (Fsp3) is 0.111. The Balaban J connectivity index is 1.73. The molecule has 0 amide bonds. The van der Waals surface area contributed by atoms with Gasteiger partial charge in [-0.25, -0.2) is 9.97 Å². The van der Waals surface area contributed by atoms with E-state index in [1.807, 2.05) is 48.5 Å². The Morgan fingerprint density at radius 3 is 2.70 bits per heavy atom. The molecule has 0 atom stereocenters. The molecule has 0 fully saturated rings. The molecule has 2 aromatic carbocycles. The summed E-state index contributed by atoms with van der Waals surface area (Å²) in [6.45, 7) is 0.856. The van der Waals surface area contributed by atoms with E-state index in [2.05, 4.69) is 9.88 Å². The van der Waals surface area contributed by atoms with E-state index >= 15 is 0 Å². The molecule has 0 unspecified atom stereocenters. The van der Waals surface area contributed by atoms with Crippen LogP contribution in [0.2, 0.25) is 10.0 Å². The van der Waals surface area contributed by atoms with Gasteiger partial charge in [0.1, 0.15) is 0 Å². The molecule has 23 heavy (non-hydrogen) atoms. The Morgan fingerprint density at radius 2 is 1.83 bits per heavy atom. The Bertz CT molecular complexity index is 880. The lowest BCUT2D eigenvalue weighted by atomic mass is 10.1. The van der Waals surface area contributed by atoms with Crippen LogP contribution in [0.5, 0.6) is 0 Å². The average Bonchev–Trinajstić information content (AvgIpc) is 2.98. The third kappa shape index (κ3) is 2.78. The van der Waals surface area contributed by atoms with Crippen molar-refractivity contribution in [3.05, 3.63) is 70.3 Å².